The lowest BCUT2D eigenvalue weighted by Gasteiger charge is -2.41. The van der Waals surface area contributed by atoms with E-state index in [0.717, 1.165) is 24.8 Å². The van der Waals surface area contributed by atoms with E-state index < -0.39 is 10.9 Å². The molecule has 0 saturated heterocycles. The molecule has 2 rings (SSSR count). The second-order valence-electron chi connectivity index (χ2n) is 5.53. The summed E-state index contributed by atoms with van der Waals surface area (Å²) in [5, 5.41) is 22.9. The van der Waals surface area contributed by atoms with Crippen molar-refractivity contribution in [2.45, 2.75) is 32.6 Å². The summed E-state index contributed by atoms with van der Waals surface area (Å²) in [6, 6.07) is 4.67. The van der Waals surface area contributed by atoms with Crippen molar-refractivity contribution in [2.24, 2.45) is 5.41 Å². The number of anilines is 1. The van der Waals surface area contributed by atoms with Gasteiger partial charge in [-0.05, 0) is 30.7 Å². The van der Waals surface area contributed by atoms with Gasteiger partial charge in [-0.25, -0.2) is 0 Å². The van der Waals surface area contributed by atoms with Crippen LogP contribution in [0.3, 0.4) is 0 Å². The third-order valence-corrected chi connectivity index (χ3v) is 4.03. The monoisotopic (exact) mass is 278 g/mol. The van der Waals surface area contributed by atoms with Crippen molar-refractivity contribution in [2.75, 3.05) is 11.9 Å². The maximum Gasteiger partial charge on any atom is 0.303 e. The lowest BCUT2D eigenvalue weighted by Crippen LogP contribution is -2.38. The van der Waals surface area contributed by atoms with Crippen LogP contribution in [0.5, 0.6) is 0 Å². The molecule has 6 nitrogen and oxygen atoms in total. The Morgan fingerprint density at radius 2 is 2.20 bits per heavy atom. The third kappa shape index (κ3) is 3.07. The minimum Gasteiger partial charge on any atom is -0.481 e. The molecule has 0 aromatic heterocycles. The summed E-state index contributed by atoms with van der Waals surface area (Å²) >= 11 is 0. The number of aryl methyl sites for hydroxylation is 1. The fourth-order valence-corrected chi connectivity index (χ4v) is 2.61. The number of nitrogens with one attached hydrogen (secondary N) is 1. The summed E-state index contributed by atoms with van der Waals surface area (Å²) in [7, 11) is 0. The number of non-ortho nitro benzene ring substituents is 1. The number of hydrogen-bond acceptors (Lipinski definition) is 4. The highest BCUT2D eigenvalue weighted by Gasteiger charge is 2.38. The van der Waals surface area contributed by atoms with Crippen LogP contribution in [0.1, 0.15) is 31.2 Å². The molecule has 0 radical (unpaired) electrons. The van der Waals surface area contributed by atoms with Crippen LogP contribution in [0, 0.1) is 22.5 Å². The first-order valence-corrected chi connectivity index (χ1v) is 6.63. The Morgan fingerprint density at radius 1 is 1.50 bits per heavy atom. The maximum atomic E-state index is 10.9. The highest BCUT2D eigenvalue weighted by Crippen LogP contribution is 2.44. The molecule has 0 unspecified atom stereocenters. The molecule has 0 aliphatic heterocycles. The summed E-state index contributed by atoms with van der Waals surface area (Å²) in [5.74, 6) is -0.790. The van der Waals surface area contributed by atoms with E-state index in [1.807, 2.05) is 6.92 Å². The predicted molar refractivity (Wildman–Crippen MR) is 74.9 cm³/mol. The molecule has 1 aliphatic rings. The van der Waals surface area contributed by atoms with Crippen LogP contribution >= 0.6 is 0 Å². The van der Waals surface area contributed by atoms with Gasteiger partial charge in [0.15, 0.2) is 0 Å². The second kappa shape index (κ2) is 5.48. The summed E-state index contributed by atoms with van der Waals surface area (Å²) in [4.78, 5) is 21.3. The van der Waals surface area contributed by atoms with Crippen molar-refractivity contribution in [3.63, 3.8) is 0 Å². The lowest BCUT2D eigenvalue weighted by atomic mass is 9.66. The minimum atomic E-state index is -0.790. The van der Waals surface area contributed by atoms with Gasteiger partial charge in [0.2, 0.25) is 0 Å². The zero-order valence-corrected chi connectivity index (χ0v) is 11.4. The average Bonchev–Trinajstić information content (AvgIpc) is 2.33. The molecule has 1 aliphatic carbocycles. The molecule has 108 valence electrons. The van der Waals surface area contributed by atoms with Crippen molar-refractivity contribution in [1.82, 2.24) is 0 Å². The Kier molecular flexibility index (Phi) is 3.92. The minimum absolute atomic E-state index is 0.0407. The Labute approximate surface area is 117 Å². The highest BCUT2D eigenvalue weighted by atomic mass is 16.6. The van der Waals surface area contributed by atoms with Crippen molar-refractivity contribution < 1.29 is 14.8 Å². The molecule has 20 heavy (non-hydrogen) atoms. The van der Waals surface area contributed by atoms with Gasteiger partial charge in [-0.15, -0.1) is 0 Å². The maximum absolute atomic E-state index is 10.9. The van der Waals surface area contributed by atoms with Crippen molar-refractivity contribution in [3.05, 3.63) is 33.9 Å². The second-order valence-corrected chi connectivity index (χ2v) is 5.53. The number of nitrogens with zero attached hydrogens (tertiary/aromatic N) is 1. The highest BCUT2D eigenvalue weighted by molar-refractivity contribution is 5.68. The summed E-state index contributed by atoms with van der Waals surface area (Å²) < 4.78 is 0. The molecule has 0 atom stereocenters. The molecule has 6 heteroatoms. The molecule has 1 saturated carbocycles. The van der Waals surface area contributed by atoms with Crippen LogP contribution < -0.4 is 5.32 Å². The van der Waals surface area contributed by atoms with E-state index in [0.29, 0.717) is 12.2 Å². The quantitative estimate of drug-likeness (QED) is 0.616. The number of nitro benzene ring substituents is 1. The number of carboxylic acid groups (broad SMARTS) is 1. The first kappa shape index (κ1) is 14.3. The molecule has 0 heterocycles. The normalized spacial score (nSPS) is 16.2. The molecule has 1 fully saturated rings. The fourth-order valence-electron chi connectivity index (χ4n) is 2.61. The number of aliphatic carboxylic acids is 1. The van der Waals surface area contributed by atoms with Crippen molar-refractivity contribution in [3.8, 4) is 0 Å². The van der Waals surface area contributed by atoms with Gasteiger partial charge in [-0.2, -0.15) is 0 Å². The molecule has 0 amide bonds. The van der Waals surface area contributed by atoms with Crippen molar-refractivity contribution in [1.29, 1.82) is 0 Å². The third-order valence-electron chi connectivity index (χ3n) is 4.03. The largest absolute Gasteiger partial charge is 0.481 e. The van der Waals surface area contributed by atoms with E-state index in [4.69, 9.17) is 5.11 Å². The number of hydrogen-bond donors (Lipinski definition) is 2. The van der Waals surface area contributed by atoms with Crippen LogP contribution in [0.2, 0.25) is 0 Å². The smallest absolute Gasteiger partial charge is 0.303 e. The first-order valence-electron chi connectivity index (χ1n) is 6.63. The lowest BCUT2D eigenvalue weighted by molar-refractivity contribution is -0.384. The molecule has 0 spiro atoms. The number of nitro groups is 1. The molecule has 1 aromatic carbocycles. The molecule has 1 aromatic rings. The number of carbonyl (C=O) groups is 1. The van der Waals surface area contributed by atoms with E-state index in [-0.39, 0.29) is 17.5 Å². The fraction of sp³-hybridized carbons (Fsp3) is 0.500. The average molecular weight is 278 g/mol. The standard InChI is InChI=1S/C14H18N2O4/c1-10-3-4-11(16(19)20)7-12(10)15-9-14(5-2-6-14)8-13(17)18/h3-4,7,15H,2,5-6,8-9H2,1H3,(H,17,18). The summed E-state index contributed by atoms with van der Waals surface area (Å²) in [6.07, 6.45) is 2.97. The van der Waals surface area contributed by atoms with Gasteiger partial charge in [-0.3, -0.25) is 14.9 Å². The topological polar surface area (TPSA) is 92.5 Å². The number of rotatable bonds is 6. The van der Waals surface area contributed by atoms with E-state index in [9.17, 15) is 14.9 Å². The summed E-state index contributed by atoms with van der Waals surface area (Å²) in [5.41, 5.74) is 1.46. The summed E-state index contributed by atoms with van der Waals surface area (Å²) in [6.45, 7) is 2.41. The van der Waals surface area contributed by atoms with E-state index in [1.54, 1.807) is 6.07 Å². The van der Waals surface area contributed by atoms with E-state index >= 15 is 0 Å². The van der Waals surface area contributed by atoms with E-state index in [2.05, 4.69) is 5.32 Å². The van der Waals surface area contributed by atoms with Gasteiger partial charge in [0.1, 0.15) is 0 Å². The van der Waals surface area contributed by atoms with Gasteiger partial charge in [0.25, 0.3) is 5.69 Å². The Morgan fingerprint density at radius 3 is 2.70 bits per heavy atom. The molecular formula is C14H18N2O4. The molecule has 2 N–H and O–H groups in total. The zero-order valence-electron chi connectivity index (χ0n) is 11.4. The van der Waals surface area contributed by atoms with Crippen LogP contribution in [0.25, 0.3) is 0 Å². The van der Waals surface area contributed by atoms with Gasteiger partial charge in [-0.1, -0.05) is 12.5 Å². The predicted octanol–water partition coefficient (Wildman–Crippen LogP) is 2.96. The van der Waals surface area contributed by atoms with Crippen LogP contribution in [0.15, 0.2) is 18.2 Å². The molecular weight excluding hydrogens is 260 g/mol. The Balaban J connectivity index is 2.08. The van der Waals surface area contributed by atoms with Crippen LogP contribution in [-0.4, -0.2) is 22.5 Å². The van der Waals surface area contributed by atoms with Gasteiger partial charge < -0.3 is 10.4 Å². The van der Waals surface area contributed by atoms with Crippen molar-refractivity contribution >= 4 is 17.3 Å². The molecule has 0 bridgehead atoms. The zero-order chi connectivity index (χ0) is 14.8. The Bertz CT molecular complexity index is 538. The van der Waals surface area contributed by atoms with Gasteiger partial charge in [0.05, 0.1) is 11.3 Å². The van der Waals surface area contributed by atoms with Gasteiger partial charge in [0, 0.05) is 24.4 Å². The first-order chi connectivity index (χ1) is 9.42. The van der Waals surface area contributed by atoms with Crippen LogP contribution in [0.4, 0.5) is 11.4 Å². The SMILES string of the molecule is Cc1ccc([N+](=O)[O-])cc1NCC1(CC(=O)O)CCC1. The van der Waals surface area contributed by atoms with Gasteiger partial charge >= 0.3 is 5.97 Å². The van der Waals surface area contributed by atoms with Crippen LogP contribution in [-0.2, 0) is 4.79 Å². The number of benzene rings is 1. The van der Waals surface area contributed by atoms with E-state index in [1.165, 1.54) is 12.1 Å². The Hall–Kier alpha value is -2.11. The number of carboxylic acids is 1.